The van der Waals surface area contributed by atoms with Crippen molar-refractivity contribution in [1.82, 2.24) is 4.57 Å². The topological polar surface area (TPSA) is 104 Å². The zero-order valence-electron chi connectivity index (χ0n) is 15.5. The summed E-state index contributed by atoms with van der Waals surface area (Å²) in [6.07, 6.45) is 0. The fourth-order valence-corrected chi connectivity index (χ4v) is 3.76. The van der Waals surface area contributed by atoms with E-state index in [0.29, 0.717) is 4.80 Å². The summed E-state index contributed by atoms with van der Waals surface area (Å²) in [5, 5.41) is 10.9. The van der Waals surface area contributed by atoms with Crippen LogP contribution in [-0.4, -0.2) is 28.5 Å². The number of hydrogen-bond donors (Lipinski definition) is 0. The van der Waals surface area contributed by atoms with Crippen LogP contribution in [0.2, 0.25) is 0 Å². The summed E-state index contributed by atoms with van der Waals surface area (Å²) in [4.78, 5) is 39.3. The lowest BCUT2D eigenvalue weighted by atomic mass is 10.1. The molecular weight excluding hydrogens is 382 g/mol. The largest absolute Gasteiger partial charge is 0.468 e. The molecule has 0 atom stereocenters. The highest BCUT2D eigenvalue weighted by Crippen LogP contribution is 2.22. The van der Waals surface area contributed by atoms with Gasteiger partial charge in [0.25, 0.3) is 11.6 Å². The molecule has 0 saturated heterocycles. The van der Waals surface area contributed by atoms with E-state index < -0.39 is 16.8 Å². The SMILES string of the molecule is COC(=O)Cn1c(=NC(=O)c2cccc([N+](=O)[O-])c2)sc2cc(C)c(C)cc21. The van der Waals surface area contributed by atoms with Crippen molar-refractivity contribution in [2.75, 3.05) is 7.11 Å². The van der Waals surface area contributed by atoms with Gasteiger partial charge in [-0.05, 0) is 43.2 Å². The van der Waals surface area contributed by atoms with E-state index in [-0.39, 0.29) is 17.8 Å². The number of non-ortho nitro benzene ring substituents is 1. The third kappa shape index (κ3) is 3.84. The first-order chi connectivity index (χ1) is 13.3. The number of thiazole rings is 1. The highest BCUT2D eigenvalue weighted by atomic mass is 32.1. The van der Waals surface area contributed by atoms with Gasteiger partial charge in [0.05, 0.1) is 22.2 Å². The number of fused-ring (bicyclic) bond motifs is 1. The van der Waals surface area contributed by atoms with Crippen molar-refractivity contribution >= 4 is 39.1 Å². The molecule has 28 heavy (non-hydrogen) atoms. The van der Waals surface area contributed by atoms with Crippen LogP contribution < -0.4 is 4.80 Å². The average molecular weight is 399 g/mol. The van der Waals surface area contributed by atoms with Crippen LogP contribution in [0.3, 0.4) is 0 Å². The van der Waals surface area contributed by atoms with E-state index in [1.54, 1.807) is 4.57 Å². The molecule has 1 aromatic heterocycles. The van der Waals surface area contributed by atoms with Crippen LogP contribution >= 0.6 is 11.3 Å². The number of aryl methyl sites for hydroxylation is 2. The Kier molecular flexibility index (Phi) is 5.36. The number of esters is 1. The number of nitrogens with zero attached hydrogens (tertiary/aromatic N) is 3. The van der Waals surface area contributed by atoms with Crippen molar-refractivity contribution in [2.45, 2.75) is 20.4 Å². The summed E-state index contributed by atoms with van der Waals surface area (Å²) in [6, 6.07) is 9.28. The highest BCUT2D eigenvalue weighted by molar-refractivity contribution is 7.16. The van der Waals surface area contributed by atoms with Gasteiger partial charge in [0.2, 0.25) is 0 Å². The lowest BCUT2D eigenvalue weighted by Crippen LogP contribution is -2.22. The molecule has 8 nitrogen and oxygen atoms in total. The normalized spacial score (nSPS) is 11.6. The van der Waals surface area contributed by atoms with Crippen LogP contribution in [0.15, 0.2) is 41.4 Å². The number of carbonyl (C=O) groups is 2. The first kappa shape index (κ1) is 19.4. The van der Waals surface area contributed by atoms with E-state index >= 15 is 0 Å². The summed E-state index contributed by atoms with van der Waals surface area (Å²) in [5.41, 5.74) is 2.80. The first-order valence-electron chi connectivity index (χ1n) is 8.31. The summed E-state index contributed by atoms with van der Waals surface area (Å²) in [5.74, 6) is -1.09. The minimum Gasteiger partial charge on any atom is -0.468 e. The fourth-order valence-electron chi connectivity index (χ4n) is 2.66. The monoisotopic (exact) mass is 399 g/mol. The maximum Gasteiger partial charge on any atom is 0.325 e. The number of rotatable bonds is 4. The Morgan fingerprint density at radius 1 is 1.21 bits per heavy atom. The molecule has 0 radical (unpaired) electrons. The Bertz CT molecular complexity index is 1180. The van der Waals surface area contributed by atoms with Gasteiger partial charge in [0.15, 0.2) is 4.80 Å². The summed E-state index contributed by atoms with van der Waals surface area (Å²) in [7, 11) is 1.29. The minimum atomic E-state index is -0.623. The number of nitro groups is 1. The van der Waals surface area contributed by atoms with Crippen LogP contribution in [-0.2, 0) is 16.1 Å². The molecule has 0 bridgehead atoms. The van der Waals surface area contributed by atoms with Gasteiger partial charge in [-0.3, -0.25) is 19.7 Å². The zero-order chi connectivity index (χ0) is 20.4. The van der Waals surface area contributed by atoms with Gasteiger partial charge in [-0.15, -0.1) is 0 Å². The van der Waals surface area contributed by atoms with E-state index in [2.05, 4.69) is 4.99 Å². The van der Waals surface area contributed by atoms with E-state index in [4.69, 9.17) is 4.74 Å². The zero-order valence-corrected chi connectivity index (χ0v) is 16.3. The molecule has 144 valence electrons. The van der Waals surface area contributed by atoms with Crippen molar-refractivity contribution in [1.29, 1.82) is 0 Å². The number of benzene rings is 2. The quantitative estimate of drug-likeness (QED) is 0.381. The Hall–Kier alpha value is -3.33. The number of hydrogen-bond acceptors (Lipinski definition) is 6. The van der Waals surface area contributed by atoms with Crippen LogP contribution in [0.25, 0.3) is 10.2 Å². The molecule has 2 aromatic carbocycles. The Morgan fingerprint density at radius 2 is 1.93 bits per heavy atom. The lowest BCUT2D eigenvalue weighted by Gasteiger charge is -2.05. The van der Waals surface area contributed by atoms with Gasteiger partial charge in [0.1, 0.15) is 6.54 Å². The van der Waals surface area contributed by atoms with E-state index in [0.717, 1.165) is 21.3 Å². The maximum atomic E-state index is 12.6. The van der Waals surface area contributed by atoms with E-state index in [1.807, 2.05) is 26.0 Å². The average Bonchev–Trinajstić information content (AvgIpc) is 2.98. The molecule has 0 spiro atoms. The Morgan fingerprint density at radius 3 is 2.61 bits per heavy atom. The molecule has 0 fully saturated rings. The second kappa shape index (κ2) is 7.73. The molecule has 0 saturated carbocycles. The number of ether oxygens (including phenoxy) is 1. The van der Waals surface area contributed by atoms with Gasteiger partial charge < -0.3 is 9.30 Å². The van der Waals surface area contributed by atoms with E-state index in [9.17, 15) is 19.7 Å². The standard InChI is InChI=1S/C19H17N3O5S/c1-11-7-15-16(8-12(11)2)28-19(21(15)10-17(23)27-3)20-18(24)13-5-4-6-14(9-13)22(25)26/h4-9H,10H2,1-3H3. The molecular formula is C19H17N3O5S. The van der Waals surface area contributed by atoms with E-state index in [1.165, 1.54) is 42.7 Å². The molecule has 0 aliphatic rings. The molecule has 9 heteroatoms. The summed E-state index contributed by atoms with van der Waals surface area (Å²) < 4.78 is 7.25. The number of carbonyl (C=O) groups excluding carboxylic acids is 2. The number of nitro benzene ring substituents is 1. The second-order valence-electron chi connectivity index (χ2n) is 6.18. The van der Waals surface area contributed by atoms with Gasteiger partial charge >= 0.3 is 5.97 Å². The Balaban J connectivity index is 2.16. The molecule has 0 aliphatic heterocycles. The van der Waals surface area contributed by atoms with Gasteiger partial charge in [-0.25, -0.2) is 0 Å². The van der Waals surface area contributed by atoms with Crippen LogP contribution in [0.1, 0.15) is 21.5 Å². The molecule has 3 rings (SSSR count). The van der Waals surface area contributed by atoms with Crippen molar-refractivity contribution in [3.63, 3.8) is 0 Å². The number of aromatic nitrogens is 1. The number of amides is 1. The Labute approximate surface area is 163 Å². The smallest absolute Gasteiger partial charge is 0.325 e. The van der Waals surface area contributed by atoms with Crippen LogP contribution in [0.4, 0.5) is 5.69 Å². The van der Waals surface area contributed by atoms with Crippen molar-refractivity contribution in [3.8, 4) is 0 Å². The van der Waals surface area contributed by atoms with Crippen molar-refractivity contribution in [3.05, 3.63) is 68.0 Å². The van der Waals surface area contributed by atoms with Crippen molar-refractivity contribution in [2.24, 2.45) is 4.99 Å². The minimum absolute atomic E-state index is 0.0972. The molecule has 3 aromatic rings. The fraction of sp³-hybridized carbons (Fsp3) is 0.211. The third-order valence-corrected chi connectivity index (χ3v) is 5.36. The van der Waals surface area contributed by atoms with Crippen molar-refractivity contribution < 1.29 is 19.2 Å². The van der Waals surface area contributed by atoms with Crippen LogP contribution in [0, 0.1) is 24.0 Å². The second-order valence-corrected chi connectivity index (χ2v) is 7.18. The molecule has 1 heterocycles. The van der Waals surface area contributed by atoms with Gasteiger partial charge in [-0.2, -0.15) is 4.99 Å². The van der Waals surface area contributed by atoms with Gasteiger partial charge in [-0.1, -0.05) is 17.4 Å². The molecule has 0 N–H and O–H groups in total. The predicted molar refractivity (Wildman–Crippen MR) is 104 cm³/mol. The summed E-state index contributed by atoms with van der Waals surface area (Å²) in [6.45, 7) is 3.84. The third-order valence-electron chi connectivity index (χ3n) is 4.31. The van der Waals surface area contributed by atoms with Crippen LogP contribution in [0.5, 0.6) is 0 Å². The molecule has 1 amide bonds. The van der Waals surface area contributed by atoms with Gasteiger partial charge in [0, 0.05) is 17.7 Å². The highest BCUT2D eigenvalue weighted by Gasteiger charge is 2.15. The molecule has 0 aliphatic carbocycles. The lowest BCUT2D eigenvalue weighted by molar-refractivity contribution is -0.384. The summed E-state index contributed by atoms with van der Waals surface area (Å²) >= 11 is 1.27. The predicted octanol–water partition coefficient (Wildman–Crippen LogP) is 3.14. The first-order valence-corrected chi connectivity index (χ1v) is 9.12. The molecule has 0 unspecified atom stereocenters. The maximum absolute atomic E-state index is 12.6. The number of methoxy groups -OCH3 is 1.